The Balaban J connectivity index is 2.18. The summed E-state index contributed by atoms with van der Waals surface area (Å²) in [6, 6.07) is 5.52. The maximum Gasteiger partial charge on any atom is 0.494 e. The number of urea groups is 1. The van der Waals surface area contributed by atoms with E-state index < -0.39 is 18.3 Å². The summed E-state index contributed by atoms with van der Waals surface area (Å²) in [4.78, 5) is 11.8. The molecule has 1 fully saturated rings. The molecule has 0 aromatic heterocycles. The first-order valence-electron chi connectivity index (χ1n) is 7.77. The van der Waals surface area contributed by atoms with Crippen LogP contribution in [0.2, 0.25) is 0 Å². The van der Waals surface area contributed by atoms with Crippen molar-refractivity contribution in [3.63, 3.8) is 0 Å². The Morgan fingerprint density at radius 3 is 2.39 bits per heavy atom. The maximum atomic E-state index is 11.8. The lowest BCUT2D eigenvalue weighted by Crippen LogP contribution is -2.41. The Hall–Kier alpha value is -1.79. The predicted octanol–water partition coefficient (Wildman–Crippen LogP) is 2.60. The largest absolute Gasteiger partial charge is 0.494 e. The highest BCUT2D eigenvalue weighted by molar-refractivity contribution is 6.62. The van der Waals surface area contributed by atoms with Crippen LogP contribution in [0.15, 0.2) is 30.9 Å². The van der Waals surface area contributed by atoms with Crippen molar-refractivity contribution < 1.29 is 14.1 Å². The van der Waals surface area contributed by atoms with Crippen LogP contribution in [0.5, 0.6) is 0 Å². The van der Waals surface area contributed by atoms with Gasteiger partial charge in [0.05, 0.1) is 11.2 Å². The zero-order valence-electron chi connectivity index (χ0n) is 14.5. The summed E-state index contributed by atoms with van der Waals surface area (Å²) in [6.45, 7) is 14.0. The van der Waals surface area contributed by atoms with E-state index in [0.29, 0.717) is 12.2 Å². The molecule has 5 nitrogen and oxygen atoms in total. The molecule has 0 radical (unpaired) electrons. The number of aryl methyl sites for hydroxylation is 1. The van der Waals surface area contributed by atoms with E-state index in [1.165, 1.54) is 0 Å². The average Bonchev–Trinajstić information content (AvgIpc) is 2.64. The molecule has 2 amide bonds. The summed E-state index contributed by atoms with van der Waals surface area (Å²) in [5.74, 6) is 0. The summed E-state index contributed by atoms with van der Waals surface area (Å²) in [7, 11) is -0.448. The smallest absolute Gasteiger partial charge is 0.399 e. The summed E-state index contributed by atoms with van der Waals surface area (Å²) in [5, 5.41) is 5.50. The fourth-order valence-corrected chi connectivity index (χ4v) is 2.34. The van der Waals surface area contributed by atoms with Crippen molar-refractivity contribution in [2.45, 2.75) is 45.8 Å². The van der Waals surface area contributed by atoms with Gasteiger partial charge in [0.2, 0.25) is 0 Å². The van der Waals surface area contributed by atoms with Crippen molar-refractivity contribution in [2.24, 2.45) is 0 Å². The van der Waals surface area contributed by atoms with Crippen LogP contribution < -0.4 is 16.1 Å². The molecule has 0 spiro atoms. The number of hydrogen-bond donors (Lipinski definition) is 2. The van der Waals surface area contributed by atoms with Crippen LogP contribution in [-0.4, -0.2) is 30.9 Å². The van der Waals surface area contributed by atoms with Gasteiger partial charge in [0.25, 0.3) is 0 Å². The van der Waals surface area contributed by atoms with E-state index in [4.69, 9.17) is 9.31 Å². The minimum atomic E-state index is -0.448. The lowest BCUT2D eigenvalue weighted by Gasteiger charge is -2.32. The molecule has 23 heavy (non-hydrogen) atoms. The second-order valence-electron chi connectivity index (χ2n) is 6.84. The first kappa shape index (κ1) is 17.6. The molecule has 0 aliphatic carbocycles. The summed E-state index contributed by atoms with van der Waals surface area (Å²) in [5.41, 5.74) is 1.84. The Kier molecular flexibility index (Phi) is 4.87. The van der Waals surface area contributed by atoms with E-state index in [-0.39, 0.29) is 6.03 Å². The molecule has 1 saturated heterocycles. The molecule has 2 N–H and O–H groups in total. The molecule has 1 aromatic rings. The number of amides is 2. The van der Waals surface area contributed by atoms with E-state index in [0.717, 1.165) is 11.0 Å². The van der Waals surface area contributed by atoms with Gasteiger partial charge in [0.1, 0.15) is 0 Å². The molecule has 1 heterocycles. The Labute approximate surface area is 138 Å². The number of benzene rings is 1. The summed E-state index contributed by atoms with van der Waals surface area (Å²) in [6.07, 6.45) is 1.63. The highest BCUT2D eigenvalue weighted by atomic mass is 16.7. The SMILES string of the molecule is C=CCNC(=O)Nc1cc(C)cc(B2OC(C)(C)C(C)(C)O2)c1. The molecule has 6 heteroatoms. The lowest BCUT2D eigenvalue weighted by molar-refractivity contribution is 0.00578. The van der Waals surface area contributed by atoms with Gasteiger partial charge >= 0.3 is 13.1 Å². The molecule has 0 saturated carbocycles. The van der Waals surface area contributed by atoms with Gasteiger partial charge in [-0.05, 0) is 57.8 Å². The summed E-state index contributed by atoms with van der Waals surface area (Å²) >= 11 is 0. The van der Waals surface area contributed by atoms with Crippen LogP contribution in [0, 0.1) is 6.92 Å². The number of hydrogen-bond acceptors (Lipinski definition) is 3. The molecule has 1 aromatic carbocycles. The normalized spacial score (nSPS) is 18.6. The average molecular weight is 316 g/mol. The minimum Gasteiger partial charge on any atom is -0.399 e. The third-order valence-corrected chi connectivity index (χ3v) is 4.29. The third kappa shape index (κ3) is 3.95. The number of anilines is 1. The first-order chi connectivity index (χ1) is 10.6. The van der Waals surface area contributed by atoms with Crippen LogP contribution in [0.3, 0.4) is 0 Å². The van der Waals surface area contributed by atoms with Gasteiger partial charge in [-0.2, -0.15) is 0 Å². The predicted molar refractivity (Wildman–Crippen MR) is 94.1 cm³/mol. The van der Waals surface area contributed by atoms with E-state index in [1.807, 2.05) is 52.8 Å². The Bertz CT molecular complexity index is 598. The molecular formula is C17H25BN2O3. The topological polar surface area (TPSA) is 59.6 Å². The van der Waals surface area contributed by atoms with E-state index in [9.17, 15) is 4.79 Å². The minimum absolute atomic E-state index is 0.268. The van der Waals surface area contributed by atoms with Crippen LogP contribution in [-0.2, 0) is 9.31 Å². The fourth-order valence-electron chi connectivity index (χ4n) is 2.34. The molecule has 1 aliphatic rings. The first-order valence-corrected chi connectivity index (χ1v) is 7.77. The summed E-state index contributed by atoms with van der Waals surface area (Å²) < 4.78 is 12.1. The third-order valence-electron chi connectivity index (χ3n) is 4.29. The fraction of sp³-hybridized carbons (Fsp3) is 0.471. The van der Waals surface area contributed by atoms with E-state index in [2.05, 4.69) is 17.2 Å². The number of nitrogens with one attached hydrogen (secondary N) is 2. The molecule has 124 valence electrons. The van der Waals surface area contributed by atoms with Gasteiger partial charge in [-0.15, -0.1) is 6.58 Å². The van der Waals surface area contributed by atoms with Crippen LogP contribution >= 0.6 is 0 Å². The Morgan fingerprint density at radius 1 is 1.22 bits per heavy atom. The highest BCUT2D eigenvalue weighted by Gasteiger charge is 2.51. The molecule has 0 bridgehead atoms. The second kappa shape index (κ2) is 6.38. The number of carbonyl (C=O) groups is 1. The van der Waals surface area contributed by atoms with Crippen LogP contribution in [0.1, 0.15) is 33.3 Å². The van der Waals surface area contributed by atoms with Gasteiger partial charge in [0, 0.05) is 12.2 Å². The van der Waals surface area contributed by atoms with E-state index in [1.54, 1.807) is 6.08 Å². The van der Waals surface area contributed by atoms with Crippen LogP contribution in [0.4, 0.5) is 10.5 Å². The van der Waals surface area contributed by atoms with Crippen molar-refractivity contribution in [3.05, 3.63) is 36.4 Å². The Morgan fingerprint density at radius 2 is 1.83 bits per heavy atom. The molecule has 0 atom stereocenters. The molecule has 0 unspecified atom stereocenters. The lowest BCUT2D eigenvalue weighted by atomic mass is 9.78. The second-order valence-corrected chi connectivity index (χ2v) is 6.84. The van der Waals surface area contributed by atoms with Crippen molar-refractivity contribution in [1.29, 1.82) is 0 Å². The van der Waals surface area contributed by atoms with Crippen LogP contribution in [0.25, 0.3) is 0 Å². The molecular weight excluding hydrogens is 291 g/mol. The van der Waals surface area contributed by atoms with Gasteiger partial charge < -0.3 is 19.9 Å². The zero-order valence-corrected chi connectivity index (χ0v) is 14.5. The number of carbonyl (C=O) groups excluding carboxylic acids is 1. The maximum absolute atomic E-state index is 11.8. The molecule has 1 aliphatic heterocycles. The van der Waals surface area contributed by atoms with Crippen molar-refractivity contribution in [1.82, 2.24) is 5.32 Å². The van der Waals surface area contributed by atoms with Crippen molar-refractivity contribution in [2.75, 3.05) is 11.9 Å². The van der Waals surface area contributed by atoms with Crippen molar-refractivity contribution in [3.8, 4) is 0 Å². The van der Waals surface area contributed by atoms with E-state index >= 15 is 0 Å². The van der Waals surface area contributed by atoms with Gasteiger partial charge in [0.15, 0.2) is 0 Å². The molecule has 2 rings (SSSR count). The standard InChI is InChI=1S/C17H25BN2O3/c1-7-8-19-15(21)20-14-10-12(2)9-13(11-14)18-22-16(3,4)17(5,6)23-18/h7,9-11H,1,8H2,2-6H3,(H2,19,20,21). The zero-order chi connectivity index (χ0) is 17.3. The number of rotatable bonds is 4. The van der Waals surface area contributed by atoms with Gasteiger partial charge in [-0.25, -0.2) is 4.79 Å². The van der Waals surface area contributed by atoms with Crippen molar-refractivity contribution >= 4 is 24.3 Å². The quantitative estimate of drug-likeness (QED) is 0.663. The monoisotopic (exact) mass is 316 g/mol. The van der Waals surface area contributed by atoms with Gasteiger partial charge in [-0.1, -0.05) is 12.1 Å². The highest BCUT2D eigenvalue weighted by Crippen LogP contribution is 2.36. The van der Waals surface area contributed by atoms with Gasteiger partial charge in [-0.3, -0.25) is 0 Å².